The molecule has 1 atom stereocenters. The summed E-state index contributed by atoms with van der Waals surface area (Å²) in [7, 11) is -1.06. The van der Waals surface area contributed by atoms with E-state index in [1.54, 1.807) is 12.1 Å². The van der Waals surface area contributed by atoms with E-state index >= 15 is 0 Å². The number of rotatable bonds is 7. The van der Waals surface area contributed by atoms with Crippen LogP contribution in [0.5, 0.6) is 0 Å². The van der Waals surface area contributed by atoms with Crippen LogP contribution in [-0.2, 0) is 9.84 Å². The van der Waals surface area contributed by atoms with Crippen molar-refractivity contribution < 1.29 is 12.8 Å². The standard InChI is InChI=1S/C17H27FN4O2S/c1-3-19-17(21-14-9-12-25(23,24)13-14)20-10-6-11-22(2)16-8-5-4-7-15(16)18/h4-5,7-8,14H,3,6,9-13H2,1-2H3,(H2,19,20,21). The van der Waals surface area contributed by atoms with Crippen molar-refractivity contribution in [2.45, 2.75) is 25.8 Å². The Morgan fingerprint density at radius 1 is 1.40 bits per heavy atom. The summed E-state index contributed by atoms with van der Waals surface area (Å²) in [6.45, 7) is 3.93. The second-order valence-corrected chi connectivity index (χ2v) is 8.46. The van der Waals surface area contributed by atoms with Crippen LogP contribution in [0.3, 0.4) is 0 Å². The van der Waals surface area contributed by atoms with Crippen molar-refractivity contribution >= 4 is 21.5 Å². The molecule has 1 unspecified atom stereocenters. The molecule has 1 fully saturated rings. The van der Waals surface area contributed by atoms with Gasteiger partial charge in [-0.3, -0.25) is 4.99 Å². The fourth-order valence-corrected chi connectivity index (χ4v) is 4.48. The molecule has 25 heavy (non-hydrogen) atoms. The molecule has 1 aliphatic heterocycles. The Morgan fingerprint density at radius 2 is 2.16 bits per heavy atom. The Balaban J connectivity index is 1.82. The van der Waals surface area contributed by atoms with E-state index in [0.29, 0.717) is 37.7 Å². The number of benzene rings is 1. The van der Waals surface area contributed by atoms with Gasteiger partial charge in [-0.1, -0.05) is 12.1 Å². The Hall–Kier alpha value is -1.83. The summed E-state index contributed by atoms with van der Waals surface area (Å²) >= 11 is 0. The van der Waals surface area contributed by atoms with Gasteiger partial charge in [-0.2, -0.15) is 0 Å². The number of para-hydroxylation sites is 1. The maximum Gasteiger partial charge on any atom is 0.191 e. The molecule has 0 aliphatic carbocycles. The van der Waals surface area contributed by atoms with Crippen LogP contribution in [0, 0.1) is 5.82 Å². The molecule has 2 N–H and O–H groups in total. The lowest BCUT2D eigenvalue weighted by Crippen LogP contribution is -2.44. The minimum atomic E-state index is -2.91. The van der Waals surface area contributed by atoms with Gasteiger partial charge in [0, 0.05) is 32.7 Å². The fraction of sp³-hybridized carbons (Fsp3) is 0.588. The summed E-state index contributed by atoms with van der Waals surface area (Å²) in [5, 5.41) is 6.32. The van der Waals surface area contributed by atoms with E-state index in [2.05, 4.69) is 15.6 Å². The highest BCUT2D eigenvalue weighted by atomic mass is 32.2. The second-order valence-electron chi connectivity index (χ2n) is 6.23. The summed E-state index contributed by atoms with van der Waals surface area (Å²) in [6, 6.07) is 6.62. The Morgan fingerprint density at radius 3 is 2.80 bits per heavy atom. The second kappa shape index (κ2) is 9.03. The lowest BCUT2D eigenvalue weighted by atomic mass is 10.2. The average Bonchev–Trinajstić information content (AvgIpc) is 2.90. The lowest BCUT2D eigenvalue weighted by Gasteiger charge is -2.19. The predicted molar refractivity (Wildman–Crippen MR) is 100 cm³/mol. The van der Waals surface area contributed by atoms with Crippen LogP contribution in [0.1, 0.15) is 19.8 Å². The summed E-state index contributed by atoms with van der Waals surface area (Å²) in [4.78, 5) is 6.36. The molecule has 140 valence electrons. The molecular formula is C17H27FN4O2S. The van der Waals surface area contributed by atoms with E-state index in [1.165, 1.54) is 6.07 Å². The number of hydrogen-bond acceptors (Lipinski definition) is 4. The molecule has 0 amide bonds. The highest BCUT2D eigenvalue weighted by Crippen LogP contribution is 2.17. The molecule has 1 aliphatic rings. The Bertz CT molecular complexity index is 694. The SMILES string of the molecule is CCNC(=NCCCN(C)c1ccccc1F)NC1CCS(=O)(=O)C1. The van der Waals surface area contributed by atoms with E-state index in [0.717, 1.165) is 6.42 Å². The van der Waals surface area contributed by atoms with Crippen molar-refractivity contribution in [3.05, 3.63) is 30.1 Å². The third-order valence-corrected chi connectivity index (χ3v) is 5.87. The van der Waals surface area contributed by atoms with Crippen LogP contribution in [0.2, 0.25) is 0 Å². The molecule has 1 aromatic carbocycles. The van der Waals surface area contributed by atoms with Gasteiger partial charge in [-0.15, -0.1) is 0 Å². The van der Waals surface area contributed by atoms with E-state index in [9.17, 15) is 12.8 Å². The van der Waals surface area contributed by atoms with Crippen LogP contribution in [0.25, 0.3) is 0 Å². The molecular weight excluding hydrogens is 343 g/mol. The monoisotopic (exact) mass is 370 g/mol. The number of nitrogens with one attached hydrogen (secondary N) is 2. The van der Waals surface area contributed by atoms with Crippen LogP contribution in [-0.4, -0.2) is 58.6 Å². The zero-order valence-corrected chi connectivity index (χ0v) is 15.7. The highest BCUT2D eigenvalue weighted by Gasteiger charge is 2.28. The Labute approximate surface area is 149 Å². The van der Waals surface area contributed by atoms with E-state index < -0.39 is 9.84 Å². The Kier molecular flexibility index (Phi) is 7.04. The largest absolute Gasteiger partial charge is 0.372 e. The van der Waals surface area contributed by atoms with Crippen molar-refractivity contribution in [3.8, 4) is 0 Å². The zero-order valence-electron chi connectivity index (χ0n) is 14.8. The first-order valence-electron chi connectivity index (χ1n) is 8.62. The van der Waals surface area contributed by atoms with Crippen LogP contribution in [0.15, 0.2) is 29.3 Å². The van der Waals surface area contributed by atoms with Crippen molar-refractivity contribution in [2.75, 3.05) is 43.1 Å². The first-order chi connectivity index (χ1) is 11.9. The van der Waals surface area contributed by atoms with Gasteiger partial charge >= 0.3 is 0 Å². The van der Waals surface area contributed by atoms with Gasteiger partial charge in [0.25, 0.3) is 0 Å². The van der Waals surface area contributed by atoms with E-state index in [-0.39, 0.29) is 23.4 Å². The van der Waals surface area contributed by atoms with Crippen LogP contribution >= 0.6 is 0 Å². The van der Waals surface area contributed by atoms with Gasteiger partial charge in [-0.05, 0) is 31.9 Å². The maximum absolute atomic E-state index is 13.7. The number of nitrogens with zero attached hydrogens (tertiary/aromatic N) is 2. The zero-order chi connectivity index (χ0) is 18.3. The van der Waals surface area contributed by atoms with Gasteiger partial charge in [0.2, 0.25) is 0 Å². The van der Waals surface area contributed by atoms with Crippen molar-refractivity contribution in [3.63, 3.8) is 0 Å². The van der Waals surface area contributed by atoms with Gasteiger partial charge in [0.1, 0.15) is 5.82 Å². The van der Waals surface area contributed by atoms with Gasteiger partial charge < -0.3 is 15.5 Å². The number of guanidine groups is 1. The smallest absolute Gasteiger partial charge is 0.191 e. The summed E-state index contributed by atoms with van der Waals surface area (Å²) in [5.41, 5.74) is 0.577. The quantitative estimate of drug-likeness (QED) is 0.431. The van der Waals surface area contributed by atoms with Gasteiger partial charge in [0.05, 0.1) is 17.2 Å². The third kappa shape index (κ3) is 6.19. The molecule has 1 saturated heterocycles. The summed E-state index contributed by atoms with van der Waals surface area (Å²) in [6.07, 6.45) is 1.38. The molecule has 0 radical (unpaired) electrons. The van der Waals surface area contributed by atoms with Gasteiger partial charge in [-0.25, -0.2) is 12.8 Å². The molecule has 1 heterocycles. The number of anilines is 1. The number of sulfone groups is 1. The average molecular weight is 370 g/mol. The molecule has 0 bridgehead atoms. The van der Waals surface area contributed by atoms with E-state index in [4.69, 9.17) is 0 Å². The number of aliphatic imine (C=N–C) groups is 1. The number of hydrogen-bond donors (Lipinski definition) is 2. The topological polar surface area (TPSA) is 73.8 Å². The molecule has 0 saturated carbocycles. The highest BCUT2D eigenvalue weighted by molar-refractivity contribution is 7.91. The number of halogens is 1. The first kappa shape index (κ1) is 19.5. The molecule has 0 aromatic heterocycles. The minimum Gasteiger partial charge on any atom is -0.372 e. The van der Waals surface area contributed by atoms with Crippen LogP contribution in [0.4, 0.5) is 10.1 Å². The lowest BCUT2D eigenvalue weighted by molar-refractivity contribution is 0.599. The minimum absolute atomic E-state index is 0.0797. The summed E-state index contributed by atoms with van der Waals surface area (Å²) < 4.78 is 36.8. The third-order valence-electron chi connectivity index (χ3n) is 4.10. The molecule has 0 spiro atoms. The van der Waals surface area contributed by atoms with Crippen LogP contribution < -0.4 is 15.5 Å². The first-order valence-corrected chi connectivity index (χ1v) is 10.4. The molecule has 6 nitrogen and oxygen atoms in total. The molecule has 8 heteroatoms. The maximum atomic E-state index is 13.7. The summed E-state index contributed by atoms with van der Waals surface area (Å²) in [5.74, 6) is 0.800. The molecule has 1 aromatic rings. The molecule has 2 rings (SSSR count). The predicted octanol–water partition coefficient (Wildman–Crippen LogP) is 1.39. The van der Waals surface area contributed by atoms with Crippen molar-refractivity contribution in [1.82, 2.24) is 10.6 Å². The van der Waals surface area contributed by atoms with Crippen molar-refractivity contribution in [1.29, 1.82) is 0 Å². The van der Waals surface area contributed by atoms with Crippen molar-refractivity contribution in [2.24, 2.45) is 4.99 Å². The fourth-order valence-electron chi connectivity index (χ4n) is 2.80. The van der Waals surface area contributed by atoms with E-state index in [1.807, 2.05) is 24.9 Å². The van der Waals surface area contributed by atoms with Gasteiger partial charge in [0.15, 0.2) is 15.8 Å². The normalized spacial score (nSPS) is 19.6.